The lowest BCUT2D eigenvalue weighted by atomic mass is 11.0. The lowest BCUT2D eigenvalue weighted by Crippen LogP contribution is -2.13. The van der Waals surface area contributed by atoms with E-state index >= 15 is 0 Å². The SMILES string of the molecule is CC[Si](C)C[SiH](C)C. The fourth-order valence-corrected chi connectivity index (χ4v) is 7.57. The van der Waals surface area contributed by atoms with Gasteiger partial charge in [-0.1, -0.05) is 38.3 Å². The second kappa shape index (κ2) is 4.33. The first-order chi connectivity index (χ1) is 3.66. The Morgan fingerprint density at radius 3 is 2.00 bits per heavy atom. The molecule has 0 N–H and O–H groups in total. The standard InChI is InChI=1S/C6H17Si2/c1-5-8(4)6-7(2)3/h7H,5-6H2,1-4H3. The summed E-state index contributed by atoms with van der Waals surface area (Å²) in [5, 5.41) is 0. The van der Waals surface area contributed by atoms with Gasteiger partial charge in [-0.05, 0) is 0 Å². The van der Waals surface area contributed by atoms with Crippen molar-refractivity contribution >= 4 is 17.6 Å². The predicted molar refractivity (Wildman–Crippen MR) is 45.8 cm³/mol. The molecule has 1 radical (unpaired) electrons. The first kappa shape index (κ1) is 8.43. The molecule has 0 fully saturated rings. The van der Waals surface area contributed by atoms with E-state index in [1.54, 1.807) is 5.67 Å². The molecule has 0 unspecified atom stereocenters. The minimum atomic E-state index is -0.201. The molecule has 0 saturated carbocycles. The van der Waals surface area contributed by atoms with Gasteiger partial charge in [-0.2, -0.15) is 0 Å². The van der Waals surface area contributed by atoms with Crippen LogP contribution in [0, 0.1) is 0 Å². The average molecular weight is 145 g/mol. The summed E-state index contributed by atoms with van der Waals surface area (Å²) in [7, 11) is -0.0675. The first-order valence-corrected chi connectivity index (χ1v) is 9.02. The summed E-state index contributed by atoms with van der Waals surface area (Å²) in [6.45, 7) is 9.68. The van der Waals surface area contributed by atoms with Gasteiger partial charge < -0.3 is 0 Å². The predicted octanol–water partition coefficient (Wildman–Crippen LogP) is 2.16. The molecule has 0 aliphatic rings. The van der Waals surface area contributed by atoms with Gasteiger partial charge in [-0.15, -0.1) is 0 Å². The molecule has 0 saturated heterocycles. The van der Waals surface area contributed by atoms with E-state index in [1.807, 2.05) is 0 Å². The van der Waals surface area contributed by atoms with Crippen LogP contribution in [0.2, 0.25) is 31.4 Å². The Kier molecular flexibility index (Phi) is 4.56. The molecular formula is C6H17Si2. The molecule has 8 heavy (non-hydrogen) atoms. The van der Waals surface area contributed by atoms with Crippen LogP contribution in [-0.2, 0) is 0 Å². The van der Waals surface area contributed by atoms with E-state index in [0.29, 0.717) is 0 Å². The van der Waals surface area contributed by atoms with Crippen LogP contribution in [0.1, 0.15) is 6.92 Å². The summed E-state index contributed by atoms with van der Waals surface area (Å²) in [5.41, 5.74) is 1.63. The monoisotopic (exact) mass is 145 g/mol. The molecule has 0 spiro atoms. The molecule has 49 valence electrons. The number of hydrogen-bond donors (Lipinski definition) is 0. The lowest BCUT2D eigenvalue weighted by Gasteiger charge is -2.06. The van der Waals surface area contributed by atoms with Gasteiger partial charge in [0.15, 0.2) is 0 Å². The quantitative estimate of drug-likeness (QED) is 0.534. The minimum Gasteiger partial charge on any atom is -0.0724 e. The summed E-state index contributed by atoms with van der Waals surface area (Å²) in [6.07, 6.45) is 0. The fraction of sp³-hybridized carbons (Fsp3) is 1.00. The van der Waals surface area contributed by atoms with E-state index in [2.05, 4.69) is 26.6 Å². The maximum Gasteiger partial charge on any atom is 0.0412 e. The summed E-state index contributed by atoms with van der Waals surface area (Å²) < 4.78 is 0. The molecule has 0 aliphatic carbocycles. The molecule has 0 aromatic carbocycles. The molecule has 0 bridgehead atoms. The molecule has 0 nitrogen and oxygen atoms in total. The minimum absolute atomic E-state index is 0.133. The summed E-state index contributed by atoms with van der Waals surface area (Å²) in [5.74, 6) is 0. The van der Waals surface area contributed by atoms with E-state index in [1.165, 1.54) is 6.04 Å². The Morgan fingerprint density at radius 1 is 1.38 bits per heavy atom. The molecule has 0 aliphatic heterocycles. The molecule has 0 heterocycles. The topological polar surface area (TPSA) is 0 Å². The van der Waals surface area contributed by atoms with Crippen molar-refractivity contribution in [2.45, 2.75) is 38.3 Å². The third-order valence-corrected chi connectivity index (χ3v) is 8.62. The Bertz CT molecular complexity index is 52.5. The van der Waals surface area contributed by atoms with E-state index < -0.39 is 0 Å². The van der Waals surface area contributed by atoms with Crippen LogP contribution >= 0.6 is 0 Å². The van der Waals surface area contributed by atoms with Crippen LogP contribution in [0.15, 0.2) is 0 Å². The van der Waals surface area contributed by atoms with Gasteiger partial charge in [0.25, 0.3) is 0 Å². The van der Waals surface area contributed by atoms with E-state index in [0.717, 1.165) is 0 Å². The smallest absolute Gasteiger partial charge is 0.0412 e. The van der Waals surface area contributed by atoms with Crippen LogP contribution in [0.4, 0.5) is 0 Å². The van der Waals surface area contributed by atoms with Crippen LogP contribution < -0.4 is 0 Å². The Morgan fingerprint density at radius 2 is 1.88 bits per heavy atom. The Labute approximate surface area is 56.5 Å². The third-order valence-electron chi connectivity index (χ3n) is 1.36. The molecule has 0 aromatic heterocycles. The highest BCUT2D eigenvalue weighted by Gasteiger charge is 2.03. The zero-order chi connectivity index (χ0) is 6.57. The van der Waals surface area contributed by atoms with Crippen molar-refractivity contribution in [3.8, 4) is 0 Å². The normalized spacial score (nSPS) is 11.2. The largest absolute Gasteiger partial charge is 0.0724 e. The van der Waals surface area contributed by atoms with Gasteiger partial charge in [-0.25, -0.2) is 0 Å². The van der Waals surface area contributed by atoms with Crippen molar-refractivity contribution < 1.29 is 0 Å². The molecule has 0 aromatic rings. The first-order valence-electron chi connectivity index (χ1n) is 3.48. The zero-order valence-corrected chi connectivity index (χ0v) is 8.65. The van der Waals surface area contributed by atoms with Crippen molar-refractivity contribution in [1.82, 2.24) is 0 Å². The Balaban J connectivity index is 3.10. The average Bonchev–Trinajstić information content (AvgIpc) is 1.65. The van der Waals surface area contributed by atoms with Crippen LogP contribution in [0.5, 0.6) is 0 Å². The van der Waals surface area contributed by atoms with Crippen molar-refractivity contribution in [2.75, 3.05) is 0 Å². The molecule has 0 amide bonds. The maximum absolute atomic E-state index is 2.46. The van der Waals surface area contributed by atoms with Gasteiger partial charge in [0.1, 0.15) is 0 Å². The highest BCUT2D eigenvalue weighted by Crippen LogP contribution is 2.00. The van der Waals surface area contributed by atoms with Crippen LogP contribution in [0.3, 0.4) is 0 Å². The van der Waals surface area contributed by atoms with Gasteiger partial charge >= 0.3 is 0 Å². The Hall–Kier alpha value is 0.434. The van der Waals surface area contributed by atoms with Gasteiger partial charge in [0.05, 0.1) is 0 Å². The summed E-state index contributed by atoms with van der Waals surface area (Å²) >= 11 is 0. The van der Waals surface area contributed by atoms with Crippen molar-refractivity contribution in [3.05, 3.63) is 0 Å². The molecule has 0 atom stereocenters. The zero-order valence-electron chi connectivity index (χ0n) is 6.49. The second-order valence-electron chi connectivity index (χ2n) is 2.91. The van der Waals surface area contributed by atoms with Crippen LogP contribution in [-0.4, -0.2) is 17.6 Å². The lowest BCUT2D eigenvalue weighted by molar-refractivity contribution is 1.40. The van der Waals surface area contributed by atoms with Gasteiger partial charge in [0.2, 0.25) is 0 Å². The fourth-order valence-electron chi connectivity index (χ4n) is 0.841. The van der Waals surface area contributed by atoms with E-state index in [9.17, 15) is 0 Å². The molecular weight excluding hydrogens is 128 g/mol. The van der Waals surface area contributed by atoms with E-state index in [-0.39, 0.29) is 17.6 Å². The van der Waals surface area contributed by atoms with Crippen LogP contribution in [0.25, 0.3) is 0 Å². The highest BCUT2D eigenvalue weighted by atomic mass is 28.3. The molecule has 2 heteroatoms. The second-order valence-corrected chi connectivity index (χ2v) is 9.95. The number of rotatable bonds is 3. The van der Waals surface area contributed by atoms with Gasteiger partial charge in [0, 0.05) is 17.6 Å². The third kappa shape index (κ3) is 4.59. The maximum atomic E-state index is 2.46. The van der Waals surface area contributed by atoms with Crippen molar-refractivity contribution in [2.24, 2.45) is 0 Å². The summed E-state index contributed by atoms with van der Waals surface area (Å²) in [4.78, 5) is 0. The van der Waals surface area contributed by atoms with Crippen molar-refractivity contribution in [3.63, 3.8) is 0 Å². The van der Waals surface area contributed by atoms with Gasteiger partial charge in [-0.3, -0.25) is 0 Å². The number of hydrogen-bond acceptors (Lipinski definition) is 0. The van der Waals surface area contributed by atoms with E-state index in [4.69, 9.17) is 0 Å². The summed E-state index contributed by atoms with van der Waals surface area (Å²) in [6, 6.07) is 1.47. The molecule has 0 rings (SSSR count). The highest BCUT2D eigenvalue weighted by molar-refractivity contribution is 6.75. The van der Waals surface area contributed by atoms with Crippen molar-refractivity contribution in [1.29, 1.82) is 0 Å².